The molecule has 10 heavy (non-hydrogen) atoms. The maximum absolute atomic E-state index is 5.68. The van der Waals surface area contributed by atoms with Crippen molar-refractivity contribution in [3.63, 3.8) is 0 Å². The van der Waals surface area contributed by atoms with Crippen LogP contribution < -0.4 is 5.73 Å². The molecule has 0 saturated carbocycles. The molecule has 0 aromatic heterocycles. The van der Waals surface area contributed by atoms with Crippen LogP contribution in [0.5, 0.6) is 0 Å². The van der Waals surface area contributed by atoms with E-state index in [2.05, 4.69) is 0 Å². The molecule has 2 aliphatic heterocycles. The molecular formula is C8H15NO. The van der Waals surface area contributed by atoms with Crippen molar-refractivity contribution in [2.24, 2.45) is 11.7 Å². The van der Waals surface area contributed by atoms with Crippen molar-refractivity contribution in [1.29, 1.82) is 0 Å². The minimum atomic E-state index is 0.577. The highest BCUT2D eigenvalue weighted by Crippen LogP contribution is 2.39. The van der Waals surface area contributed by atoms with E-state index in [1.54, 1.807) is 0 Å². The van der Waals surface area contributed by atoms with E-state index in [0.717, 1.165) is 12.5 Å². The van der Waals surface area contributed by atoms with Crippen LogP contribution in [0.25, 0.3) is 0 Å². The summed E-state index contributed by atoms with van der Waals surface area (Å²) in [5, 5.41) is 0. The topological polar surface area (TPSA) is 35.2 Å². The Bertz CT molecular complexity index is 126. The van der Waals surface area contributed by atoms with Crippen LogP contribution in [0.4, 0.5) is 0 Å². The van der Waals surface area contributed by atoms with E-state index in [-0.39, 0.29) is 0 Å². The Morgan fingerprint density at radius 1 is 1.40 bits per heavy atom. The summed E-state index contributed by atoms with van der Waals surface area (Å²) in [5.41, 5.74) is 5.48. The fourth-order valence-corrected chi connectivity index (χ4v) is 2.26. The molecule has 0 amide bonds. The lowest BCUT2D eigenvalue weighted by molar-refractivity contribution is 0.0916. The van der Waals surface area contributed by atoms with Gasteiger partial charge in [-0.3, -0.25) is 0 Å². The maximum atomic E-state index is 5.68. The number of hydrogen-bond donors (Lipinski definition) is 1. The van der Waals surface area contributed by atoms with Crippen molar-refractivity contribution in [1.82, 2.24) is 0 Å². The molecule has 0 aromatic carbocycles. The van der Waals surface area contributed by atoms with Gasteiger partial charge in [0.05, 0.1) is 12.2 Å². The normalized spacial score (nSPS) is 44.7. The van der Waals surface area contributed by atoms with Crippen LogP contribution in [0.15, 0.2) is 0 Å². The summed E-state index contributed by atoms with van der Waals surface area (Å²) in [7, 11) is 0. The lowest BCUT2D eigenvalue weighted by Gasteiger charge is -2.16. The molecule has 2 nitrogen and oxygen atoms in total. The summed E-state index contributed by atoms with van der Waals surface area (Å²) in [6, 6.07) is 0. The molecule has 0 spiro atoms. The molecule has 2 saturated heterocycles. The molecule has 2 aliphatic rings. The highest BCUT2D eigenvalue weighted by Gasteiger charge is 2.39. The smallest absolute Gasteiger partial charge is 0.0609 e. The van der Waals surface area contributed by atoms with E-state index in [4.69, 9.17) is 10.5 Å². The summed E-state index contributed by atoms with van der Waals surface area (Å²) in [6.45, 7) is 0.831. The van der Waals surface area contributed by atoms with Crippen LogP contribution >= 0.6 is 0 Å². The Morgan fingerprint density at radius 2 is 2.30 bits per heavy atom. The first-order chi connectivity index (χ1) is 4.90. The van der Waals surface area contributed by atoms with Gasteiger partial charge in [-0.05, 0) is 38.1 Å². The van der Waals surface area contributed by atoms with Gasteiger partial charge in [-0.1, -0.05) is 0 Å². The molecule has 2 heteroatoms. The lowest BCUT2D eigenvalue weighted by atomic mass is 9.87. The van der Waals surface area contributed by atoms with Crippen molar-refractivity contribution in [3.05, 3.63) is 0 Å². The molecule has 0 aromatic rings. The van der Waals surface area contributed by atoms with E-state index >= 15 is 0 Å². The van der Waals surface area contributed by atoms with Crippen LogP contribution in [0.2, 0.25) is 0 Å². The predicted octanol–water partition coefficient (Wildman–Crippen LogP) is 0.903. The Kier molecular flexibility index (Phi) is 1.66. The van der Waals surface area contributed by atoms with Crippen molar-refractivity contribution in [2.45, 2.75) is 37.9 Å². The first-order valence-electron chi connectivity index (χ1n) is 4.25. The van der Waals surface area contributed by atoms with Gasteiger partial charge in [-0.25, -0.2) is 0 Å². The zero-order valence-electron chi connectivity index (χ0n) is 6.25. The number of rotatable bonds is 2. The fourth-order valence-electron chi connectivity index (χ4n) is 2.26. The van der Waals surface area contributed by atoms with E-state index < -0.39 is 0 Å². The number of nitrogens with two attached hydrogens (primary N) is 1. The van der Waals surface area contributed by atoms with Gasteiger partial charge in [0.1, 0.15) is 0 Å². The molecule has 58 valence electrons. The van der Waals surface area contributed by atoms with Gasteiger partial charge in [-0.15, -0.1) is 0 Å². The fraction of sp³-hybridized carbons (Fsp3) is 1.00. The number of hydrogen-bond acceptors (Lipinski definition) is 2. The molecule has 2 heterocycles. The third kappa shape index (κ3) is 0.956. The molecule has 3 atom stereocenters. The average Bonchev–Trinajstić information content (AvgIpc) is 2.48. The van der Waals surface area contributed by atoms with Crippen LogP contribution in [-0.2, 0) is 4.74 Å². The standard InChI is InChI=1S/C8H15NO/c9-4-3-6-5-7-1-2-8(6)10-7/h6-8H,1-5,9H2/t6-,7-,8-/m1/s1. The van der Waals surface area contributed by atoms with Crippen molar-refractivity contribution in [2.75, 3.05) is 6.54 Å². The molecule has 2 rings (SSSR count). The van der Waals surface area contributed by atoms with Gasteiger partial charge in [0.25, 0.3) is 0 Å². The summed E-state index contributed by atoms with van der Waals surface area (Å²) in [4.78, 5) is 0. The van der Waals surface area contributed by atoms with E-state index in [9.17, 15) is 0 Å². The van der Waals surface area contributed by atoms with Crippen LogP contribution in [0.1, 0.15) is 25.7 Å². The molecule has 2 bridgehead atoms. The molecule has 2 N–H and O–H groups in total. The lowest BCUT2D eigenvalue weighted by Crippen LogP contribution is -2.19. The van der Waals surface area contributed by atoms with E-state index in [0.29, 0.717) is 12.2 Å². The van der Waals surface area contributed by atoms with Gasteiger partial charge in [0.15, 0.2) is 0 Å². The zero-order valence-corrected chi connectivity index (χ0v) is 6.25. The first kappa shape index (κ1) is 6.62. The Hall–Kier alpha value is -0.0800. The van der Waals surface area contributed by atoms with Crippen LogP contribution in [-0.4, -0.2) is 18.8 Å². The third-order valence-electron chi connectivity index (χ3n) is 2.77. The van der Waals surface area contributed by atoms with Crippen molar-refractivity contribution in [3.8, 4) is 0 Å². The average molecular weight is 141 g/mol. The molecule has 2 fully saturated rings. The van der Waals surface area contributed by atoms with E-state index in [1.807, 2.05) is 0 Å². The number of ether oxygens (including phenoxy) is 1. The molecule has 0 unspecified atom stereocenters. The van der Waals surface area contributed by atoms with Gasteiger partial charge in [-0.2, -0.15) is 0 Å². The van der Waals surface area contributed by atoms with Crippen LogP contribution in [0, 0.1) is 5.92 Å². The van der Waals surface area contributed by atoms with Gasteiger partial charge in [0.2, 0.25) is 0 Å². The zero-order chi connectivity index (χ0) is 6.97. The van der Waals surface area contributed by atoms with E-state index in [1.165, 1.54) is 25.7 Å². The first-order valence-corrected chi connectivity index (χ1v) is 4.25. The Morgan fingerprint density at radius 3 is 2.80 bits per heavy atom. The van der Waals surface area contributed by atoms with Crippen LogP contribution in [0.3, 0.4) is 0 Å². The monoisotopic (exact) mass is 141 g/mol. The summed E-state index contributed by atoms with van der Waals surface area (Å²) < 4.78 is 5.68. The van der Waals surface area contributed by atoms with Gasteiger partial charge >= 0.3 is 0 Å². The largest absolute Gasteiger partial charge is 0.375 e. The minimum absolute atomic E-state index is 0.577. The van der Waals surface area contributed by atoms with Crippen molar-refractivity contribution >= 4 is 0 Å². The second-order valence-electron chi connectivity index (χ2n) is 3.45. The third-order valence-corrected chi connectivity index (χ3v) is 2.77. The quantitative estimate of drug-likeness (QED) is 0.620. The summed E-state index contributed by atoms with van der Waals surface area (Å²) >= 11 is 0. The molecule has 0 radical (unpaired) electrons. The Balaban J connectivity index is 1.90. The SMILES string of the molecule is NCC[C@@H]1C[C@H]2CC[C@H]1O2. The predicted molar refractivity (Wildman–Crippen MR) is 39.7 cm³/mol. The Labute approximate surface area is 61.7 Å². The summed E-state index contributed by atoms with van der Waals surface area (Å²) in [6.07, 6.45) is 6.21. The second-order valence-corrected chi connectivity index (χ2v) is 3.45. The highest BCUT2D eigenvalue weighted by atomic mass is 16.5. The number of fused-ring (bicyclic) bond motifs is 2. The second kappa shape index (κ2) is 2.51. The minimum Gasteiger partial charge on any atom is -0.375 e. The van der Waals surface area contributed by atoms with Gasteiger partial charge in [0, 0.05) is 0 Å². The van der Waals surface area contributed by atoms with Gasteiger partial charge < -0.3 is 10.5 Å². The molecule has 0 aliphatic carbocycles. The van der Waals surface area contributed by atoms with Crippen molar-refractivity contribution < 1.29 is 4.74 Å². The molecular weight excluding hydrogens is 126 g/mol. The summed E-state index contributed by atoms with van der Waals surface area (Å²) in [5.74, 6) is 0.795. The highest BCUT2D eigenvalue weighted by molar-refractivity contribution is 4.89. The maximum Gasteiger partial charge on any atom is 0.0609 e.